The van der Waals surface area contributed by atoms with Crippen molar-refractivity contribution in [2.45, 2.75) is 0 Å². The van der Waals surface area contributed by atoms with Gasteiger partial charge in [0.05, 0.1) is 19.9 Å². The summed E-state index contributed by atoms with van der Waals surface area (Å²) in [6.45, 7) is 0. The molecular formula is C19H10BrNO3S. The third-order valence-electron chi connectivity index (χ3n) is 4.00. The maximum atomic E-state index is 12.9. The van der Waals surface area contributed by atoms with Gasteiger partial charge >= 0.3 is 0 Å². The molecule has 0 spiro atoms. The van der Waals surface area contributed by atoms with E-state index in [2.05, 4.69) is 21.2 Å². The summed E-state index contributed by atoms with van der Waals surface area (Å²) in [5.74, 6) is -0.781. The van der Waals surface area contributed by atoms with E-state index >= 15 is 0 Å². The number of carbonyl (C=O) groups excluding carboxylic acids is 3. The van der Waals surface area contributed by atoms with Crippen LogP contribution in [-0.2, 0) is 0 Å². The molecule has 0 bridgehead atoms. The van der Waals surface area contributed by atoms with Crippen molar-refractivity contribution < 1.29 is 14.4 Å². The second-order valence-electron chi connectivity index (χ2n) is 5.49. The minimum Gasteiger partial charge on any atom is -0.321 e. The number of thiophene rings is 1. The highest BCUT2D eigenvalue weighted by atomic mass is 79.9. The second kappa shape index (κ2) is 6.06. The zero-order valence-electron chi connectivity index (χ0n) is 12.7. The number of rotatable bonds is 2. The monoisotopic (exact) mass is 411 g/mol. The van der Waals surface area contributed by atoms with Crippen LogP contribution in [0.5, 0.6) is 0 Å². The molecule has 1 aromatic heterocycles. The standard InChI is InChI=1S/C19H10BrNO3S/c20-15-9-8-14(25-15)19(24)21-13-7-3-6-12-16(13)18(23)11-5-2-1-4-10(11)17(12)22/h1-9H,(H,21,24). The van der Waals surface area contributed by atoms with Crippen molar-refractivity contribution in [3.05, 3.63) is 85.5 Å². The highest BCUT2D eigenvalue weighted by Crippen LogP contribution is 2.32. The normalized spacial score (nSPS) is 12.5. The zero-order chi connectivity index (χ0) is 17.6. The molecule has 1 aliphatic carbocycles. The van der Waals surface area contributed by atoms with Gasteiger partial charge in [0.1, 0.15) is 0 Å². The lowest BCUT2D eigenvalue weighted by atomic mass is 9.83. The van der Waals surface area contributed by atoms with Crippen LogP contribution in [0.1, 0.15) is 41.5 Å². The van der Waals surface area contributed by atoms with Crippen molar-refractivity contribution in [3.63, 3.8) is 0 Å². The van der Waals surface area contributed by atoms with Gasteiger partial charge in [-0.05, 0) is 34.1 Å². The summed E-state index contributed by atoms with van der Waals surface area (Å²) in [4.78, 5) is 38.5. The fourth-order valence-electron chi connectivity index (χ4n) is 2.87. The molecule has 25 heavy (non-hydrogen) atoms. The predicted molar refractivity (Wildman–Crippen MR) is 99.7 cm³/mol. The van der Waals surface area contributed by atoms with E-state index in [-0.39, 0.29) is 23.0 Å². The van der Waals surface area contributed by atoms with Gasteiger partial charge < -0.3 is 5.32 Å². The molecule has 0 fully saturated rings. The Balaban J connectivity index is 1.78. The number of ketones is 2. The van der Waals surface area contributed by atoms with E-state index in [1.807, 2.05) is 0 Å². The van der Waals surface area contributed by atoms with E-state index in [0.717, 1.165) is 3.79 Å². The van der Waals surface area contributed by atoms with Crippen molar-refractivity contribution in [2.24, 2.45) is 0 Å². The number of amides is 1. The number of fused-ring (bicyclic) bond motifs is 2. The highest BCUT2D eigenvalue weighted by Gasteiger charge is 2.31. The number of anilines is 1. The fourth-order valence-corrected chi connectivity index (χ4v) is 4.15. The number of nitrogens with one attached hydrogen (secondary N) is 1. The van der Waals surface area contributed by atoms with E-state index in [1.54, 1.807) is 54.6 Å². The third kappa shape index (κ3) is 2.63. The van der Waals surface area contributed by atoms with Crippen LogP contribution in [0.25, 0.3) is 0 Å². The molecule has 0 aliphatic heterocycles. The lowest BCUT2D eigenvalue weighted by Gasteiger charge is -2.20. The van der Waals surface area contributed by atoms with Crippen molar-refractivity contribution in [3.8, 4) is 0 Å². The highest BCUT2D eigenvalue weighted by molar-refractivity contribution is 9.11. The van der Waals surface area contributed by atoms with Crippen LogP contribution >= 0.6 is 27.3 Å². The van der Waals surface area contributed by atoms with Crippen LogP contribution < -0.4 is 5.32 Å². The number of carbonyl (C=O) groups is 3. The van der Waals surface area contributed by atoms with Crippen molar-refractivity contribution in [1.82, 2.24) is 0 Å². The first-order valence-electron chi connectivity index (χ1n) is 7.44. The summed E-state index contributed by atoms with van der Waals surface area (Å²) >= 11 is 4.62. The summed E-state index contributed by atoms with van der Waals surface area (Å²) in [6, 6.07) is 15.1. The van der Waals surface area contributed by atoms with E-state index < -0.39 is 0 Å². The second-order valence-corrected chi connectivity index (χ2v) is 7.95. The third-order valence-corrected chi connectivity index (χ3v) is 5.62. The number of hydrogen-bond donors (Lipinski definition) is 1. The summed E-state index contributed by atoms with van der Waals surface area (Å²) in [5.41, 5.74) is 1.66. The van der Waals surface area contributed by atoms with Gasteiger partial charge in [0, 0.05) is 16.7 Å². The van der Waals surface area contributed by atoms with E-state index in [9.17, 15) is 14.4 Å². The molecule has 2 aromatic carbocycles. The van der Waals surface area contributed by atoms with Crippen LogP contribution in [0.3, 0.4) is 0 Å². The molecule has 0 saturated heterocycles. The molecule has 1 amide bonds. The van der Waals surface area contributed by atoms with Crippen molar-refractivity contribution >= 4 is 50.4 Å². The number of halogens is 1. The van der Waals surface area contributed by atoms with Gasteiger partial charge in [-0.2, -0.15) is 0 Å². The predicted octanol–water partition coefficient (Wildman–Crippen LogP) is 4.54. The Morgan fingerprint density at radius 3 is 2.20 bits per heavy atom. The van der Waals surface area contributed by atoms with E-state index in [4.69, 9.17) is 0 Å². The Bertz CT molecular complexity index is 1050. The van der Waals surface area contributed by atoms with Gasteiger partial charge in [0.2, 0.25) is 0 Å². The van der Waals surface area contributed by atoms with Crippen LogP contribution in [0.2, 0.25) is 0 Å². The first-order valence-corrected chi connectivity index (χ1v) is 9.05. The van der Waals surface area contributed by atoms with Gasteiger partial charge in [-0.1, -0.05) is 36.4 Å². The van der Waals surface area contributed by atoms with Crippen molar-refractivity contribution in [1.29, 1.82) is 0 Å². The molecule has 4 nitrogen and oxygen atoms in total. The van der Waals surface area contributed by atoms with Crippen molar-refractivity contribution in [2.75, 3.05) is 5.32 Å². The van der Waals surface area contributed by atoms with Gasteiger partial charge in [0.25, 0.3) is 5.91 Å². The Morgan fingerprint density at radius 1 is 0.840 bits per heavy atom. The maximum Gasteiger partial charge on any atom is 0.265 e. The first kappa shape index (κ1) is 15.9. The van der Waals surface area contributed by atoms with Gasteiger partial charge in [-0.25, -0.2) is 0 Å². The Hall–Kier alpha value is -2.57. The molecule has 1 aliphatic rings. The maximum absolute atomic E-state index is 12.9. The van der Waals surface area contributed by atoms with Crippen LogP contribution in [0.15, 0.2) is 58.4 Å². The SMILES string of the molecule is O=C(Nc1cccc2c1C(=O)c1ccccc1C2=O)c1ccc(Br)s1. The smallest absolute Gasteiger partial charge is 0.265 e. The van der Waals surface area contributed by atoms with E-state index in [0.29, 0.717) is 27.3 Å². The molecule has 0 atom stereocenters. The summed E-state index contributed by atoms with van der Waals surface area (Å²) < 4.78 is 0.841. The summed E-state index contributed by atoms with van der Waals surface area (Å²) in [7, 11) is 0. The number of hydrogen-bond acceptors (Lipinski definition) is 4. The molecule has 122 valence electrons. The molecular weight excluding hydrogens is 402 g/mol. The van der Waals surface area contributed by atoms with Gasteiger partial charge in [-0.3, -0.25) is 14.4 Å². The molecule has 3 aromatic rings. The molecule has 4 rings (SSSR count). The average Bonchev–Trinajstić information content (AvgIpc) is 3.06. The largest absolute Gasteiger partial charge is 0.321 e. The Morgan fingerprint density at radius 2 is 1.52 bits per heavy atom. The molecule has 0 saturated carbocycles. The summed E-state index contributed by atoms with van der Waals surface area (Å²) in [5, 5.41) is 2.76. The quantitative estimate of drug-likeness (QED) is 0.526. The van der Waals surface area contributed by atoms with E-state index in [1.165, 1.54) is 11.3 Å². The summed E-state index contributed by atoms with van der Waals surface area (Å²) in [6.07, 6.45) is 0. The first-order chi connectivity index (χ1) is 12.1. The van der Waals surface area contributed by atoms with Crippen LogP contribution in [0, 0.1) is 0 Å². The lowest BCUT2D eigenvalue weighted by Crippen LogP contribution is -2.23. The zero-order valence-corrected chi connectivity index (χ0v) is 15.1. The Kier molecular flexibility index (Phi) is 3.86. The molecule has 1 N–H and O–H groups in total. The minimum absolute atomic E-state index is 0.208. The number of benzene rings is 2. The fraction of sp³-hybridized carbons (Fsp3) is 0. The Labute approximate surface area is 155 Å². The average molecular weight is 412 g/mol. The topological polar surface area (TPSA) is 63.2 Å². The molecule has 6 heteroatoms. The van der Waals surface area contributed by atoms with Crippen LogP contribution in [-0.4, -0.2) is 17.5 Å². The van der Waals surface area contributed by atoms with Gasteiger partial charge in [0.15, 0.2) is 11.6 Å². The molecule has 0 unspecified atom stereocenters. The molecule has 0 radical (unpaired) electrons. The lowest BCUT2D eigenvalue weighted by molar-refractivity contribution is 0.0978. The van der Waals surface area contributed by atoms with Gasteiger partial charge in [-0.15, -0.1) is 11.3 Å². The van der Waals surface area contributed by atoms with Crippen LogP contribution in [0.4, 0.5) is 5.69 Å². The molecule has 1 heterocycles. The minimum atomic E-state index is -0.316.